The molecule has 2 aromatic carbocycles. The number of hydrogen-bond acceptors (Lipinski definition) is 4. The second kappa shape index (κ2) is 7.32. The molecule has 124 valence electrons. The highest BCUT2D eigenvalue weighted by Gasteiger charge is 2.19. The summed E-state index contributed by atoms with van der Waals surface area (Å²) in [6.45, 7) is 2.17. The fourth-order valence-electron chi connectivity index (χ4n) is 2.88. The number of nitrogens with one attached hydrogen (secondary N) is 2. The Morgan fingerprint density at radius 1 is 1.04 bits per heavy atom. The van der Waals surface area contributed by atoms with Gasteiger partial charge in [-0.1, -0.05) is 36.4 Å². The van der Waals surface area contributed by atoms with E-state index < -0.39 is 0 Å². The van der Waals surface area contributed by atoms with E-state index in [1.165, 1.54) is 5.56 Å². The number of aromatic nitrogens is 1. The second-order valence-electron chi connectivity index (χ2n) is 5.86. The largest absolute Gasteiger partial charge is 0.497 e. The molecular weight excluding hydrogens is 298 g/mol. The predicted molar refractivity (Wildman–Crippen MR) is 99.6 cm³/mol. The number of fused-ring (bicyclic) bond motifs is 1. The van der Waals surface area contributed by atoms with Crippen molar-refractivity contribution in [1.82, 2.24) is 10.3 Å². The van der Waals surface area contributed by atoms with E-state index in [1.54, 1.807) is 7.11 Å². The quantitative estimate of drug-likeness (QED) is 0.720. The van der Waals surface area contributed by atoms with Gasteiger partial charge in [0.25, 0.3) is 0 Å². The first-order valence-corrected chi connectivity index (χ1v) is 8.14. The SMILES string of the molecule is CN[C@H](C)[C@H](Nc1cc(OC)cc2cccnc12)c1ccccc1. The standard InChI is InChI=1S/C20H23N3O/c1-14(21-2)19(15-8-5-4-6-9-15)23-18-13-17(24-3)12-16-10-7-11-22-20(16)18/h4-14,19,21,23H,1-3H3/t14-,19+/m1/s1. The third-order valence-electron chi connectivity index (χ3n) is 4.34. The Balaban J connectivity index is 2.05. The maximum absolute atomic E-state index is 5.45. The van der Waals surface area contributed by atoms with Crippen LogP contribution in [0.25, 0.3) is 10.9 Å². The van der Waals surface area contributed by atoms with Crippen LogP contribution in [0.2, 0.25) is 0 Å². The molecule has 3 rings (SSSR count). The maximum atomic E-state index is 5.45. The average molecular weight is 321 g/mol. The lowest BCUT2D eigenvalue weighted by molar-refractivity contribution is 0.415. The molecular formula is C20H23N3O. The van der Waals surface area contributed by atoms with Crippen molar-refractivity contribution >= 4 is 16.6 Å². The van der Waals surface area contributed by atoms with E-state index in [9.17, 15) is 0 Å². The van der Waals surface area contributed by atoms with Crippen LogP contribution in [0.3, 0.4) is 0 Å². The number of likely N-dealkylation sites (N-methyl/N-ethyl adjacent to an activating group) is 1. The van der Waals surface area contributed by atoms with E-state index in [4.69, 9.17) is 4.74 Å². The van der Waals surface area contributed by atoms with E-state index in [-0.39, 0.29) is 12.1 Å². The van der Waals surface area contributed by atoms with Crippen LogP contribution in [-0.4, -0.2) is 25.2 Å². The molecule has 0 unspecified atom stereocenters. The Morgan fingerprint density at radius 2 is 1.83 bits per heavy atom. The van der Waals surface area contributed by atoms with Gasteiger partial charge < -0.3 is 15.4 Å². The van der Waals surface area contributed by atoms with Crippen LogP contribution in [0.4, 0.5) is 5.69 Å². The molecule has 0 aliphatic heterocycles. The summed E-state index contributed by atoms with van der Waals surface area (Å²) in [7, 11) is 3.66. The minimum Gasteiger partial charge on any atom is -0.497 e. The maximum Gasteiger partial charge on any atom is 0.121 e. The van der Waals surface area contributed by atoms with Gasteiger partial charge in [0.05, 0.1) is 24.4 Å². The van der Waals surface area contributed by atoms with E-state index in [1.807, 2.05) is 37.5 Å². The smallest absolute Gasteiger partial charge is 0.121 e. The van der Waals surface area contributed by atoms with Crippen LogP contribution >= 0.6 is 0 Å². The summed E-state index contributed by atoms with van der Waals surface area (Å²) in [6.07, 6.45) is 1.82. The molecule has 4 heteroatoms. The molecule has 4 nitrogen and oxygen atoms in total. The Hall–Kier alpha value is -2.59. The molecule has 0 aliphatic carbocycles. The highest BCUT2D eigenvalue weighted by molar-refractivity contribution is 5.92. The first kappa shape index (κ1) is 16.3. The van der Waals surface area contributed by atoms with Crippen LogP contribution in [0, 0.1) is 0 Å². The van der Waals surface area contributed by atoms with Crippen LogP contribution < -0.4 is 15.4 Å². The number of pyridine rings is 1. The molecule has 1 heterocycles. The number of nitrogens with zero attached hydrogens (tertiary/aromatic N) is 1. The zero-order valence-electron chi connectivity index (χ0n) is 14.3. The number of benzene rings is 2. The zero-order chi connectivity index (χ0) is 16.9. The van der Waals surface area contributed by atoms with Gasteiger partial charge >= 0.3 is 0 Å². The van der Waals surface area contributed by atoms with Crippen molar-refractivity contribution in [3.63, 3.8) is 0 Å². The molecule has 24 heavy (non-hydrogen) atoms. The third-order valence-corrected chi connectivity index (χ3v) is 4.34. The van der Waals surface area contributed by atoms with Gasteiger partial charge in [-0.3, -0.25) is 4.98 Å². The van der Waals surface area contributed by atoms with Crippen molar-refractivity contribution in [2.75, 3.05) is 19.5 Å². The van der Waals surface area contributed by atoms with Crippen LogP contribution in [0.1, 0.15) is 18.5 Å². The summed E-state index contributed by atoms with van der Waals surface area (Å²) in [4.78, 5) is 4.55. The summed E-state index contributed by atoms with van der Waals surface area (Å²) in [5.74, 6) is 0.821. The van der Waals surface area contributed by atoms with Crippen molar-refractivity contribution in [2.45, 2.75) is 19.0 Å². The van der Waals surface area contributed by atoms with Gasteiger partial charge in [0.1, 0.15) is 5.75 Å². The number of hydrogen-bond donors (Lipinski definition) is 2. The molecule has 0 fully saturated rings. The Kier molecular flexibility index (Phi) is 4.96. The minimum atomic E-state index is 0.119. The highest BCUT2D eigenvalue weighted by Crippen LogP contribution is 2.31. The van der Waals surface area contributed by atoms with Gasteiger partial charge in [0, 0.05) is 23.7 Å². The van der Waals surface area contributed by atoms with Gasteiger partial charge in [0.15, 0.2) is 0 Å². The van der Waals surface area contributed by atoms with Crippen molar-refractivity contribution in [3.8, 4) is 5.75 Å². The average Bonchev–Trinajstić information content (AvgIpc) is 2.65. The molecule has 0 saturated carbocycles. The van der Waals surface area contributed by atoms with Gasteiger partial charge in [-0.15, -0.1) is 0 Å². The number of ether oxygens (including phenoxy) is 1. The fraction of sp³-hybridized carbons (Fsp3) is 0.250. The minimum absolute atomic E-state index is 0.119. The summed E-state index contributed by atoms with van der Waals surface area (Å²) in [5, 5.41) is 8.06. The Bertz CT molecular complexity index is 804. The van der Waals surface area contributed by atoms with E-state index in [0.717, 1.165) is 22.3 Å². The van der Waals surface area contributed by atoms with Crippen LogP contribution in [0.5, 0.6) is 5.75 Å². The molecule has 0 amide bonds. The number of anilines is 1. The van der Waals surface area contributed by atoms with Gasteiger partial charge in [0.2, 0.25) is 0 Å². The Morgan fingerprint density at radius 3 is 2.54 bits per heavy atom. The molecule has 0 saturated heterocycles. The van der Waals surface area contributed by atoms with Crippen molar-refractivity contribution in [2.24, 2.45) is 0 Å². The zero-order valence-corrected chi connectivity index (χ0v) is 14.3. The highest BCUT2D eigenvalue weighted by atomic mass is 16.5. The first-order valence-electron chi connectivity index (χ1n) is 8.14. The summed E-state index contributed by atoms with van der Waals surface area (Å²) in [6, 6.07) is 18.8. The van der Waals surface area contributed by atoms with Crippen molar-refractivity contribution < 1.29 is 4.74 Å². The molecule has 0 aliphatic rings. The van der Waals surface area contributed by atoms with E-state index in [0.29, 0.717) is 0 Å². The summed E-state index contributed by atoms with van der Waals surface area (Å²) >= 11 is 0. The lowest BCUT2D eigenvalue weighted by Gasteiger charge is -2.27. The van der Waals surface area contributed by atoms with Crippen molar-refractivity contribution in [1.29, 1.82) is 0 Å². The monoisotopic (exact) mass is 321 g/mol. The fourth-order valence-corrected chi connectivity index (χ4v) is 2.88. The lowest BCUT2D eigenvalue weighted by Crippen LogP contribution is -2.33. The van der Waals surface area contributed by atoms with Gasteiger partial charge in [-0.25, -0.2) is 0 Å². The molecule has 0 spiro atoms. The number of methoxy groups -OCH3 is 1. The van der Waals surface area contributed by atoms with Crippen LogP contribution in [0.15, 0.2) is 60.8 Å². The van der Waals surface area contributed by atoms with E-state index >= 15 is 0 Å². The topological polar surface area (TPSA) is 46.2 Å². The normalized spacial score (nSPS) is 13.5. The van der Waals surface area contributed by atoms with E-state index in [2.05, 4.69) is 52.9 Å². The molecule has 3 aromatic rings. The third kappa shape index (κ3) is 3.34. The summed E-state index contributed by atoms with van der Waals surface area (Å²) < 4.78 is 5.45. The molecule has 0 radical (unpaired) electrons. The van der Waals surface area contributed by atoms with Gasteiger partial charge in [-0.2, -0.15) is 0 Å². The predicted octanol–water partition coefficient (Wildman–Crippen LogP) is 4.00. The molecule has 2 atom stereocenters. The first-order chi connectivity index (χ1) is 11.7. The molecule has 0 bridgehead atoms. The Labute approximate surface area is 142 Å². The summed E-state index contributed by atoms with van der Waals surface area (Å²) in [5.41, 5.74) is 3.15. The van der Waals surface area contributed by atoms with Gasteiger partial charge in [-0.05, 0) is 31.7 Å². The molecule has 2 N–H and O–H groups in total. The number of rotatable bonds is 6. The van der Waals surface area contributed by atoms with Crippen molar-refractivity contribution in [3.05, 3.63) is 66.4 Å². The lowest BCUT2D eigenvalue weighted by atomic mass is 9.99. The second-order valence-corrected chi connectivity index (χ2v) is 5.86. The molecule has 1 aromatic heterocycles. The van der Waals surface area contributed by atoms with Crippen LogP contribution in [-0.2, 0) is 0 Å².